The third kappa shape index (κ3) is 4.68. The van der Waals surface area contributed by atoms with Crippen LogP contribution in [-0.4, -0.2) is 49.8 Å². The quantitative estimate of drug-likeness (QED) is 0.595. The van der Waals surface area contributed by atoms with Crippen LogP contribution in [0.1, 0.15) is 84.8 Å². The maximum Gasteiger partial charge on any atom is 0.274 e. The van der Waals surface area contributed by atoms with Crippen LogP contribution in [0, 0.1) is 0 Å². The van der Waals surface area contributed by atoms with Gasteiger partial charge in [0.05, 0.1) is 12.9 Å². The first-order valence-corrected chi connectivity index (χ1v) is 13.0. The summed E-state index contributed by atoms with van der Waals surface area (Å²) in [5.74, 6) is -0.861. The molecular weight excluding hydrogens is 466 g/mol. The lowest BCUT2D eigenvalue weighted by Crippen LogP contribution is -2.64. The Morgan fingerprint density at radius 3 is 2.51 bits per heavy atom. The predicted octanol–water partition coefficient (Wildman–Crippen LogP) is 3.68. The van der Waals surface area contributed by atoms with Crippen LogP contribution in [0.4, 0.5) is 0 Å². The van der Waals surface area contributed by atoms with Gasteiger partial charge in [0.15, 0.2) is 5.69 Å². The Balaban J connectivity index is 1.37. The largest absolute Gasteiger partial charge is 0.350 e. The highest BCUT2D eigenvalue weighted by atomic mass is 35.5. The Hall–Kier alpha value is -2.87. The van der Waals surface area contributed by atoms with Gasteiger partial charge in [-0.2, -0.15) is 0 Å². The number of rotatable bonds is 6. The molecule has 2 heterocycles. The number of carbonyl (C=O) groups is 3. The van der Waals surface area contributed by atoms with Crippen molar-refractivity contribution in [2.75, 3.05) is 0 Å². The van der Waals surface area contributed by atoms with Crippen molar-refractivity contribution in [2.45, 2.75) is 89.0 Å². The Morgan fingerprint density at radius 1 is 1.11 bits per heavy atom. The third-order valence-electron chi connectivity index (χ3n) is 7.47. The molecule has 9 heteroatoms. The molecule has 0 saturated heterocycles. The summed E-state index contributed by atoms with van der Waals surface area (Å²) in [7, 11) is 0. The van der Waals surface area contributed by atoms with Gasteiger partial charge in [0.2, 0.25) is 5.91 Å². The second-order valence-electron chi connectivity index (χ2n) is 10.2. The fourth-order valence-electron chi connectivity index (χ4n) is 5.41. The number of hydrogen-bond donors (Lipinski definition) is 2. The number of nitrogens with one attached hydrogen (secondary N) is 2. The van der Waals surface area contributed by atoms with Gasteiger partial charge in [-0.1, -0.05) is 55.5 Å². The number of amides is 3. The first-order valence-electron chi connectivity index (χ1n) is 12.6. The van der Waals surface area contributed by atoms with Crippen LogP contribution < -0.4 is 10.6 Å². The van der Waals surface area contributed by atoms with E-state index in [1.54, 1.807) is 22.5 Å². The lowest BCUT2D eigenvalue weighted by Gasteiger charge is -2.44. The molecule has 2 N–H and O–H groups in total. The Kier molecular flexibility index (Phi) is 6.57. The molecule has 0 spiro atoms. The van der Waals surface area contributed by atoms with Crippen LogP contribution in [0.2, 0.25) is 5.02 Å². The predicted molar refractivity (Wildman–Crippen MR) is 132 cm³/mol. The number of imidazole rings is 1. The van der Waals surface area contributed by atoms with Gasteiger partial charge < -0.3 is 20.1 Å². The molecule has 3 amide bonds. The summed E-state index contributed by atoms with van der Waals surface area (Å²) in [4.78, 5) is 46.4. The number of hydrogen-bond acceptors (Lipinski definition) is 4. The highest BCUT2D eigenvalue weighted by molar-refractivity contribution is 6.31. The molecule has 2 aromatic rings. The second kappa shape index (κ2) is 9.64. The van der Waals surface area contributed by atoms with E-state index in [1.165, 1.54) is 19.2 Å². The van der Waals surface area contributed by atoms with Crippen molar-refractivity contribution in [3.63, 3.8) is 0 Å². The summed E-state index contributed by atoms with van der Waals surface area (Å²) in [6, 6.07) is 7.46. The lowest BCUT2D eigenvalue weighted by molar-refractivity contribution is -0.133. The summed E-state index contributed by atoms with van der Waals surface area (Å²) >= 11 is 6.25. The highest BCUT2D eigenvalue weighted by Crippen LogP contribution is 2.39. The van der Waals surface area contributed by atoms with Crippen LogP contribution in [0.25, 0.3) is 0 Å². The molecule has 1 aliphatic heterocycles. The molecule has 1 atom stereocenters. The van der Waals surface area contributed by atoms with Gasteiger partial charge in [0, 0.05) is 23.7 Å². The molecule has 35 heavy (non-hydrogen) atoms. The molecule has 0 radical (unpaired) electrons. The van der Waals surface area contributed by atoms with Crippen molar-refractivity contribution in [1.29, 1.82) is 0 Å². The minimum absolute atomic E-state index is 0.0139. The van der Waals surface area contributed by atoms with E-state index in [2.05, 4.69) is 15.6 Å². The van der Waals surface area contributed by atoms with Crippen molar-refractivity contribution < 1.29 is 14.4 Å². The molecule has 8 nitrogen and oxygen atoms in total. The molecule has 0 bridgehead atoms. The zero-order valence-corrected chi connectivity index (χ0v) is 20.8. The average Bonchev–Trinajstić information content (AvgIpc) is 3.62. The maximum absolute atomic E-state index is 13.8. The van der Waals surface area contributed by atoms with Crippen molar-refractivity contribution in [3.8, 4) is 0 Å². The zero-order valence-electron chi connectivity index (χ0n) is 20.1. The summed E-state index contributed by atoms with van der Waals surface area (Å²) in [6.45, 7) is 2.30. The minimum Gasteiger partial charge on any atom is -0.350 e. The van der Waals surface area contributed by atoms with Gasteiger partial charge in [-0.15, -0.1) is 0 Å². The average molecular weight is 498 g/mol. The highest BCUT2D eigenvalue weighted by Gasteiger charge is 2.53. The van der Waals surface area contributed by atoms with Crippen LogP contribution in [-0.2, 0) is 17.9 Å². The van der Waals surface area contributed by atoms with Crippen LogP contribution in [0.3, 0.4) is 0 Å². The van der Waals surface area contributed by atoms with E-state index in [0.29, 0.717) is 5.02 Å². The summed E-state index contributed by atoms with van der Waals surface area (Å²) < 4.78 is 1.66. The van der Waals surface area contributed by atoms with Gasteiger partial charge in [0.1, 0.15) is 11.2 Å². The first kappa shape index (κ1) is 23.9. The molecule has 2 aliphatic carbocycles. The molecule has 2 saturated carbocycles. The summed E-state index contributed by atoms with van der Waals surface area (Å²) in [5.41, 5.74) is 0.150. The van der Waals surface area contributed by atoms with Crippen molar-refractivity contribution in [1.82, 2.24) is 25.1 Å². The molecule has 1 aromatic carbocycles. The van der Waals surface area contributed by atoms with Crippen molar-refractivity contribution >= 4 is 29.3 Å². The normalized spacial score (nSPS) is 22.9. The molecule has 186 valence electrons. The molecule has 5 rings (SSSR count). The first-order chi connectivity index (χ1) is 16.9. The number of carbonyl (C=O) groups excluding carboxylic acids is 3. The fraction of sp³-hybridized carbons (Fsp3) is 0.538. The zero-order chi connectivity index (χ0) is 24.6. The monoisotopic (exact) mass is 497 g/mol. The van der Waals surface area contributed by atoms with Gasteiger partial charge in [-0.3, -0.25) is 14.4 Å². The minimum atomic E-state index is -1.10. The van der Waals surface area contributed by atoms with Gasteiger partial charge in [-0.25, -0.2) is 4.98 Å². The van der Waals surface area contributed by atoms with Crippen LogP contribution >= 0.6 is 11.6 Å². The Labute approximate surface area is 210 Å². The van der Waals surface area contributed by atoms with Crippen molar-refractivity contribution in [3.05, 3.63) is 52.6 Å². The SMILES string of the molecule is C[C@@]1(C(=O)NCc2ccccc2Cl)Cn2cnc(C(=O)NC3CCCCCC3)c2C(=O)N1C1CC1. The summed E-state index contributed by atoms with van der Waals surface area (Å²) in [6.07, 6.45) is 9.69. The number of benzene rings is 1. The van der Waals surface area contributed by atoms with E-state index >= 15 is 0 Å². The number of halogens is 1. The number of aromatic nitrogens is 2. The standard InChI is InChI=1S/C26H32ClN5O3/c1-26(25(35)28-14-17-8-6-7-11-20(17)27)15-31-16-29-21(22(31)24(34)32(26)19-12-13-19)23(33)30-18-9-4-2-3-5-10-18/h6-8,11,16,18-19H,2-5,9-10,12-15H2,1H3,(H,28,35)(H,30,33)/t26-/m0/s1. The smallest absolute Gasteiger partial charge is 0.274 e. The molecule has 1 aromatic heterocycles. The molecule has 2 fully saturated rings. The lowest BCUT2D eigenvalue weighted by atomic mass is 9.93. The van der Waals surface area contributed by atoms with E-state index in [-0.39, 0.29) is 54.3 Å². The van der Waals surface area contributed by atoms with Gasteiger partial charge in [0.25, 0.3) is 11.8 Å². The molecule has 0 unspecified atom stereocenters. The molecular formula is C26H32ClN5O3. The van der Waals surface area contributed by atoms with E-state index in [9.17, 15) is 14.4 Å². The Bertz CT molecular complexity index is 1140. The summed E-state index contributed by atoms with van der Waals surface area (Å²) in [5, 5.41) is 6.66. The topological polar surface area (TPSA) is 96.3 Å². The van der Waals surface area contributed by atoms with E-state index in [4.69, 9.17) is 11.6 Å². The fourth-order valence-corrected chi connectivity index (χ4v) is 5.61. The van der Waals surface area contributed by atoms with E-state index in [1.807, 2.05) is 18.2 Å². The Morgan fingerprint density at radius 2 is 1.83 bits per heavy atom. The maximum atomic E-state index is 13.8. The van der Waals surface area contributed by atoms with E-state index in [0.717, 1.165) is 44.1 Å². The van der Waals surface area contributed by atoms with Crippen molar-refractivity contribution in [2.24, 2.45) is 0 Å². The van der Waals surface area contributed by atoms with Gasteiger partial charge in [-0.05, 0) is 44.2 Å². The van der Waals surface area contributed by atoms with Crippen LogP contribution in [0.15, 0.2) is 30.6 Å². The second-order valence-corrected chi connectivity index (χ2v) is 10.6. The number of nitrogens with zero attached hydrogens (tertiary/aromatic N) is 3. The molecule has 3 aliphatic rings. The van der Waals surface area contributed by atoms with E-state index < -0.39 is 5.54 Å². The number of fused-ring (bicyclic) bond motifs is 1. The third-order valence-corrected chi connectivity index (χ3v) is 7.84. The van der Waals surface area contributed by atoms with Crippen LogP contribution in [0.5, 0.6) is 0 Å². The van der Waals surface area contributed by atoms with Gasteiger partial charge >= 0.3 is 0 Å².